The van der Waals surface area contributed by atoms with E-state index in [0.29, 0.717) is 12.3 Å². The third kappa shape index (κ3) is 5.42. The van der Waals surface area contributed by atoms with Crippen LogP contribution in [0.4, 0.5) is 10.8 Å². The minimum absolute atomic E-state index is 0.370. The molecule has 1 aliphatic heterocycles. The number of aromatic nitrogens is 2. The molecule has 0 bridgehead atoms. The Morgan fingerprint density at radius 1 is 1.38 bits per heavy atom. The summed E-state index contributed by atoms with van der Waals surface area (Å²) in [5.41, 5.74) is 2.21. The van der Waals surface area contributed by atoms with Gasteiger partial charge in [0.15, 0.2) is 4.34 Å². The van der Waals surface area contributed by atoms with Crippen molar-refractivity contribution in [2.24, 2.45) is 0 Å². The molecule has 8 heteroatoms. The quantitative estimate of drug-likeness (QED) is 0.729. The molecule has 0 amide bonds. The topological polar surface area (TPSA) is 70.5 Å². The number of nitrogens with one attached hydrogen (secondary N) is 1. The van der Waals surface area contributed by atoms with Crippen molar-refractivity contribution in [1.82, 2.24) is 15.1 Å². The molecule has 130 valence electrons. The number of hydrogen-bond acceptors (Lipinski definition) is 8. The Balaban J connectivity index is 1.45. The second kappa shape index (κ2) is 8.77. The zero-order valence-electron chi connectivity index (χ0n) is 13.6. The summed E-state index contributed by atoms with van der Waals surface area (Å²) in [5, 5.41) is 22.5. The number of anilines is 2. The highest BCUT2D eigenvalue weighted by Gasteiger charge is 2.16. The lowest BCUT2D eigenvalue weighted by atomic mass is 10.2. The van der Waals surface area contributed by atoms with Gasteiger partial charge >= 0.3 is 0 Å². The first kappa shape index (κ1) is 17.6. The smallest absolute Gasteiger partial charge is 0.210 e. The van der Waals surface area contributed by atoms with Crippen LogP contribution in [0.15, 0.2) is 28.6 Å². The summed E-state index contributed by atoms with van der Waals surface area (Å²) < 4.78 is 6.18. The lowest BCUT2D eigenvalue weighted by Crippen LogP contribution is -2.41. The molecule has 3 rings (SSSR count). The highest BCUT2D eigenvalue weighted by Crippen LogP contribution is 2.28. The number of morpholine rings is 1. The van der Waals surface area contributed by atoms with Gasteiger partial charge in [-0.2, -0.15) is 0 Å². The van der Waals surface area contributed by atoms with Crippen molar-refractivity contribution in [3.63, 3.8) is 0 Å². The first-order chi connectivity index (χ1) is 11.7. The summed E-state index contributed by atoms with van der Waals surface area (Å²) in [5.74, 6) is 0.621. The minimum Gasteiger partial charge on any atom is -0.391 e. The highest BCUT2D eigenvalue weighted by molar-refractivity contribution is 8.01. The van der Waals surface area contributed by atoms with Crippen molar-refractivity contribution in [3.8, 4) is 0 Å². The van der Waals surface area contributed by atoms with E-state index < -0.39 is 0 Å². The summed E-state index contributed by atoms with van der Waals surface area (Å²) >= 11 is 3.06. The van der Waals surface area contributed by atoms with E-state index >= 15 is 0 Å². The molecule has 0 radical (unpaired) electrons. The number of aliphatic hydroxyl groups excluding tert-OH is 1. The number of benzene rings is 1. The fourth-order valence-corrected chi connectivity index (χ4v) is 4.18. The van der Waals surface area contributed by atoms with Crippen LogP contribution in [0.1, 0.15) is 5.56 Å². The van der Waals surface area contributed by atoms with Crippen LogP contribution in [-0.4, -0.2) is 64.9 Å². The SMILES string of the molecule is Cc1cccc(Nc2nnc(SC[C@@H](O)CN3CCOCC3)s2)c1. The van der Waals surface area contributed by atoms with Crippen molar-refractivity contribution in [2.45, 2.75) is 17.4 Å². The molecule has 0 unspecified atom stereocenters. The predicted molar refractivity (Wildman–Crippen MR) is 98.4 cm³/mol. The predicted octanol–water partition coefficient (Wildman–Crippen LogP) is 2.38. The number of β-amino-alcohol motifs (C(OH)–C–C–N with tert-alkyl or cyclic N) is 1. The fourth-order valence-electron chi connectivity index (χ4n) is 2.47. The third-order valence-corrected chi connectivity index (χ3v) is 5.76. The van der Waals surface area contributed by atoms with Gasteiger partial charge in [-0.05, 0) is 24.6 Å². The summed E-state index contributed by atoms with van der Waals surface area (Å²) in [6, 6.07) is 8.15. The molecule has 2 heterocycles. The Morgan fingerprint density at radius 3 is 3.00 bits per heavy atom. The molecule has 2 N–H and O–H groups in total. The van der Waals surface area contributed by atoms with Gasteiger partial charge < -0.3 is 15.2 Å². The van der Waals surface area contributed by atoms with Gasteiger partial charge in [-0.25, -0.2) is 0 Å². The van der Waals surface area contributed by atoms with Crippen LogP contribution in [0, 0.1) is 6.92 Å². The molecule has 1 aliphatic rings. The first-order valence-electron chi connectivity index (χ1n) is 7.97. The minimum atomic E-state index is -0.370. The van der Waals surface area contributed by atoms with E-state index in [1.807, 2.05) is 12.1 Å². The second-order valence-electron chi connectivity index (χ2n) is 5.75. The maximum absolute atomic E-state index is 10.2. The monoisotopic (exact) mass is 366 g/mol. The number of aryl methyl sites for hydroxylation is 1. The number of hydrogen-bond donors (Lipinski definition) is 2. The van der Waals surface area contributed by atoms with Gasteiger partial charge in [-0.1, -0.05) is 35.2 Å². The van der Waals surface area contributed by atoms with E-state index in [-0.39, 0.29) is 6.10 Å². The number of ether oxygens (including phenoxy) is 1. The van der Waals surface area contributed by atoms with Gasteiger partial charge in [-0.15, -0.1) is 10.2 Å². The summed E-state index contributed by atoms with van der Waals surface area (Å²) in [7, 11) is 0. The molecule has 6 nitrogen and oxygen atoms in total. The van der Waals surface area contributed by atoms with Crippen LogP contribution < -0.4 is 5.32 Å². The maximum Gasteiger partial charge on any atom is 0.210 e. The van der Waals surface area contributed by atoms with Crippen LogP contribution in [0.25, 0.3) is 0 Å². The van der Waals surface area contributed by atoms with Crippen LogP contribution in [0.2, 0.25) is 0 Å². The summed E-state index contributed by atoms with van der Waals surface area (Å²) in [4.78, 5) is 2.24. The van der Waals surface area contributed by atoms with Crippen LogP contribution >= 0.6 is 23.1 Å². The van der Waals surface area contributed by atoms with Gasteiger partial charge in [0, 0.05) is 31.1 Å². The van der Waals surface area contributed by atoms with Crippen molar-refractivity contribution in [1.29, 1.82) is 0 Å². The maximum atomic E-state index is 10.2. The van der Waals surface area contributed by atoms with Gasteiger partial charge in [-0.3, -0.25) is 4.90 Å². The molecule has 0 spiro atoms. The van der Waals surface area contributed by atoms with Crippen LogP contribution in [0.3, 0.4) is 0 Å². The molecule has 0 aliphatic carbocycles. The number of aliphatic hydroxyl groups is 1. The van der Waals surface area contributed by atoms with E-state index in [1.165, 1.54) is 16.9 Å². The molecular formula is C16H22N4O2S2. The molecule has 24 heavy (non-hydrogen) atoms. The Labute approximate surface area is 150 Å². The van der Waals surface area contributed by atoms with E-state index in [2.05, 4.69) is 39.5 Å². The molecule has 1 aromatic carbocycles. The summed E-state index contributed by atoms with van der Waals surface area (Å²) in [6.45, 7) is 6.04. The zero-order valence-corrected chi connectivity index (χ0v) is 15.3. The molecule has 1 saturated heterocycles. The Kier molecular flexibility index (Phi) is 6.44. The van der Waals surface area contributed by atoms with Crippen molar-refractivity contribution >= 4 is 33.9 Å². The van der Waals surface area contributed by atoms with E-state index in [9.17, 15) is 5.11 Å². The second-order valence-corrected chi connectivity index (χ2v) is 7.99. The number of nitrogens with zero attached hydrogens (tertiary/aromatic N) is 3. The van der Waals surface area contributed by atoms with Gasteiger partial charge in [0.05, 0.1) is 19.3 Å². The molecule has 1 fully saturated rings. The number of rotatable bonds is 7. The van der Waals surface area contributed by atoms with E-state index in [1.54, 1.807) is 11.8 Å². The Bertz CT molecular complexity index is 647. The largest absolute Gasteiger partial charge is 0.391 e. The van der Waals surface area contributed by atoms with Gasteiger partial charge in [0.1, 0.15) is 0 Å². The van der Waals surface area contributed by atoms with Crippen molar-refractivity contribution in [2.75, 3.05) is 43.9 Å². The van der Waals surface area contributed by atoms with Crippen LogP contribution in [0.5, 0.6) is 0 Å². The lowest BCUT2D eigenvalue weighted by Gasteiger charge is -2.28. The molecule has 0 saturated carbocycles. The average Bonchev–Trinajstić information content (AvgIpc) is 3.01. The normalized spacial score (nSPS) is 16.9. The molecule has 1 aromatic heterocycles. The van der Waals surface area contributed by atoms with Gasteiger partial charge in [0.2, 0.25) is 5.13 Å². The first-order valence-corrected chi connectivity index (χ1v) is 9.77. The number of thioether (sulfide) groups is 1. The zero-order chi connectivity index (χ0) is 16.8. The van der Waals surface area contributed by atoms with Crippen molar-refractivity contribution < 1.29 is 9.84 Å². The lowest BCUT2D eigenvalue weighted by molar-refractivity contribution is 0.0188. The average molecular weight is 367 g/mol. The standard InChI is InChI=1S/C16H22N4O2S2/c1-12-3-2-4-13(9-12)17-15-18-19-16(24-15)23-11-14(21)10-20-5-7-22-8-6-20/h2-4,9,14,21H,5-8,10-11H2,1H3,(H,17,18)/t14-/m0/s1. The molecule has 2 aromatic rings. The van der Waals surface area contributed by atoms with Gasteiger partial charge in [0.25, 0.3) is 0 Å². The third-order valence-electron chi connectivity index (χ3n) is 3.65. The summed E-state index contributed by atoms with van der Waals surface area (Å²) in [6.07, 6.45) is -0.370. The van der Waals surface area contributed by atoms with Crippen LogP contribution in [-0.2, 0) is 4.74 Å². The van der Waals surface area contributed by atoms with Crippen molar-refractivity contribution in [3.05, 3.63) is 29.8 Å². The van der Waals surface area contributed by atoms with E-state index in [0.717, 1.165) is 41.5 Å². The Hall–Kier alpha value is -1.19. The highest BCUT2D eigenvalue weighted by atomic mass is 32.2. The fraction of sp³-hybridized carbons (Fsp3) is 0.500. The Morgan fingerprint density at radius 2 is 2.21 bits per heavy atom. The van der Waals surface area contributed by atoms with E-state index in [4.69, 9.17) is 4.74 Å². The molecule has 1 atom stereocenters. The molecular weight excluding hydrogens is 344 g/mol.